The summed E-state index contributed by atoms with van der Waals surface area (Å²) in [6.07, 6.45) is 6.92. The van der Waals surface area contributed by atoms with Gasteiger partial charge in [-0.15, -0.1) is 24.0 Å². The van der Waals surface area contributed by atoms with E-state index in [1.807, 2.05) is 0 Å². The van der Waals surface area contributed by atoms with Crippen LogP contribution in [0, 0.1) is 11.8 Å². The van der Waals surface area contributed by atoms with Crippen molar-refractivity contribution in [3.05, 3.63) is 0 Å². The van der Waals surface area contributed by atoms with Crippen molar-refractivity contribution in [1.29, 1.82) is 0 Å². The van der Waals surface area contributed by atoms with Gasteiger partial charge in [-0.05, 0) is 44.9 Å². The van der Waals surface area contributed by atoms with Crippen molar-refractivity contribution in [3.8, 4) is 0 Å². The van der Waals surface area contributed by atoms with Crippen molar-refractivity contribution in [2.45, 2.75) is 45.1 Å². The van der Waals surface area contributed by atoms with Crippen LogP contribution in [0.5, 0.6) is 0 Å². The largest absolute Gasteiger partial charge is 0.384 e. The van der Waals surface area contributed by atoms with Gasteiger partial charge in [0.05, 0.1) is 13.2 Å². The maximum absolute atomic E-state index is 5.31. The lowest BCUT2D eigenvalue weighted by atomic mass is 10.1. The number of aliphatic imine (C=N–C) groups is 1. The zero-order valence-corrected chi connectivity index (χ0v) is 17.7. The van der Waals surface area contributed by atoms with Gasteiger partial charge in [-0.1, -0.05) is 0 Å². The first kappa shape index (κ1) is 20.2. The minimum atomic E-state index is 0. The Morgan fingerprint density at radius 1 is 1.21 bits per heavy atom. The van der Waals surface area contributed by atoms with E-state index in [4.69, 9.17) is 9.73 Å². The van der Waals surface area contributed by atoms with E-state index in [2.05, 4.69) is 22.0 Å². The summed E-state index contributed by atoms with van der Waals surface area (Å²) >= 11 is 0. The number of nitrogens with zero attached hydrogens (tertiary/aromatic N) is 3. The molecule has 0 spiro atoms. The highest BCUT2D eigenvalue weighted by Gasteiger charge is 2.33. The smallest absolute Gasteiger partial charge is 0.193 e. The molecule has 6 heteroatoms. The summed E-state index contributed by atoms with van der Waals surface area (Å²) in [5, 5.41) is 3.48. The Kier molecular flexibility index (Phi) is 8.57. The normalized spacial score (nSPS) is 24.4. The molecule has 1 unspecified atom stereocenters. The van der Waals surface area contributed by atoms with Crippen LogP contribution in [0.1, 0.15) is 39.0 Å². The Labute approximate surface area is 164 Å². The van der Waals surface area contributed by atoms with Gasteiger partial charge >= 0.3 is 0 Å². The molecule has 24 heavy (non-hydrogen) atoms. The van der Waals surface area contributed by atoms with Crippen LogP contribution in [0.2, 0.25) is 0 Å². The summed E-state index contributed by atoms with van der Waals surface area (Å²) in [4.78, 5) is 10.0. The predicted octanol–water partition coefficient (Wildman–Crippen LogP) is 2.41. The second kappa shape index (κ2) is 10.2. The third-order valence-electron chi connectivity index (χ3n) is 5.22. The van der Waals surface area contributed by atoms with Gasteiger partial charge in [0, 0.05) is 51.8 Å². The fourth-order valence-corrected chi connectivity index (χ4v) is 3.60. The Bertz CT molecular complexity index is 398. The molecular weight excluding hydrogens is 415 g/mol. The molecule has 1 saturated heterocycles. The van der Waals surface area contributed by atoms with Crippen LogP contribution >= 0.6 is 24.0 Å². The number of nitrogens with one attached hydrogen (secondary N) is 1. The molecule has 2 saturated carbocycles. The molecule has 140 valence electrons. The number of ether oxygens (including phenoxy) is 1. The molecule has 2 aliphatic carbocycles. The van der Waals surface area contributed by atoms with Crippen LogP contribution in [-0.2, 0) is 4.74 Å². The molecule has 0 amide bonds. The first-order valence-electron chi connectivity index (χ1n) is 9.56. The van der Waals surface area contributed by atoms with Gasteiger partial charge in [-0.25, -0.2) is 0 Å². The highest BCUT2D eigenvalue weighted by molar-refractivity contribution is 14.0. The summed E-state index contributed by atoms with van der Waals surface area (Å²) in [6, 6.07) is 0.867. The third kappa shape index (κ3) is 6.33. The minimum Gasteiger partial charge on any atom is -0.384 e. The van der Waals surface area contributed by atoms with Crippen molar-refractivity contribution in [2.24, 2.45) is 16.8 Å². The molecule has 1 N–H and O–H groups in total. The summed E-state index contributed by atoms with van der Waals surface area (Å²) in [6.45, 7) is 9.52. The van der Waals surface area contributed by atoms with Gasteiger partial charge in [-0.3, -0.25) is 9.89 Å². The van der Waals surface area contributed by atoms with E-state index in [1.54, 1.807) is 7.11 Å². The Balaban J connectivity index is 0.00000208. The Morgan fingerprint density at radius 2 is 2.00 bits per heavy atom. The highest BCUT2D eigenvalue weighted by Crippen LogP contribution is 2.34. The van der Waals surface area contributed by atoms with E-state index in [0.29, 0.717) is 5.92 Å². The van der Waals surface area contributed by atoms with Gasteiger partial charge in [-0.2, -0.15) is 0 Å². The first-order valence-corrected chi connectivity index (χ1v) is 9.56. The fourth-order valence-electron chi connectivity index (χ4n) is 3.60. The van der Waals surface area contributed by atoms with E-state index in [-0.39, 0.29) is 24.0 Å². The standard InChI is InChI=1S/C18H34N4O.HI/c1-3-19-18(22-10-8-16(13-22)14-23-2)20-9-11-21(17-6-7-17)12-15-4-5-15;/h15-17H,3-14H2,1-2H3,(H,19,20);1H. The summed E-state index contributed by atoms with van der Waals surface area (Å²) < 4.78 is 5.31. The van der Waals surface area contributed by atoms with Gasteiger partial charge in [0.15, 0.2) is 5.96 Å². The molecule has 0 aromatic rings. The second-order valence-corrected chi connectivity index (χ2v) is 7.46. The van der Waals surface area contributed by atoms with E-state index >= 15 is 0 Å². The van der Waals surface area contributed by atoms with Crippen LogP contribution in [0.4, 0.5) is 0 Å². The van der Waals surface area contributed by atoms with Crippen LogP contribution in [0.15, 0.2) is 4.99 Å². The topological polar surface area (TPSA) is 40.1 Å². The zero-order valence-electron chi connectivity index (χ0n) is 15.4. The molecule has 1 heterocycles. The molecule has 3 fully saturated rings. The molecule has 1 aliphatic heterocycles. The van der Waals surface area contributed by atoms with Crippen LogP contribution in [-0.4, -0.2) is 74.8 Å². The predicted molar refractivity (Wildman–Crippen MR) is 110 cm³/mol. The quantitative estimate of drug-likeness (QED) is 0.333. The average Bonchev–Trinajstić information content (AvgIpc) is 3.45. The van der Waals surface area contributed by atoms with E-state index in [1.165, 1.54) is 38.6 Å². The summed E-state index contributed by atoms with van der Waals surface area (Å²) in [5.74, 6) is 2.75. The molecule has 0 aromatic carbocycles. The van der Waals surface area contributed by atoms with Crippen LogP contribution in [0.25, 0.3) is 0 Å². The van der Waals surface area contributed by atoms with Crippen molar-refractivity contribution >= 4 is 29.9 Å². The minimum absolute atomic E-state index is 0. The van der Waals surface area contributed by atoms with Gasteiger partial charge in [0.25, 0.3) is 0 Å². The maximum Gasteiger partial charge on any atom is 0.193 e. The first-order chi connectivity index (χ1) is 11.3. The molecule has 3 rings (SSSR count). The number of rotatable bonds is 9. The fraction of sp³-hybridized carbons (Fsp3) is 0.944. The second-order valence-electron chi connectivity index (χ2n) is 7.46. The number of hydrogen-bond acceptors (Lipinski definition) is 3. The monoisotopic (exact) mass is 450 g/mol. The third-order valence-corrected chi connectivity index (χ3v) is 5.22. The molecule has 0 aromatic heterocycles. The number of halogens is 1. The van der Waals surface area contributed by atoms with Crippen molar-refractivity contribution < 1.29 is 4.74 Å². The summed E-state index contributed by atoms with van der Waals surface area (Å²) in [7, 11) is 1.80. The number of guanidine groups is 1. The number of methoxy groups -OCH3 is 1. The highest BCUT2D eigenvalue weighted by atomic mass is 127. The summed E-state index contributed by atoms with van der Waals surface area (Å²) in [5.41, 5.74) is 0. The molecule has 0 radical (unpaired) electrons. The maximum atomic E-state index is 5.31. The molecule has 5 nitrogen and oxygen atoms in total. The number of hydrogen-bond donors (Lipinski definition) is 1. The van der Waals surface area contributed by atoms with Crippen LogP contribution in [0.3, 0.4) is 0 Å². The number of likely N-dealkylation sites (tertiary alicyclic amines) is 1. The van der Waals surface area contributed by atoms with Crippen molar-refractivity contribution in [2.75, 3.05) is 53.0 Å². The molecule has 0 bridgehead atoms. The average molecular weight is 450 g/mol. The molecule has 1 atom stereocenters. The lowest BCUT2D eigenvalue weighted by Gasteiger charge is -2.23. The van der Waals surface area contributed by atoms with Gasteiger partial charge in [0.1, 0.15) is 0 Å². The van der Waals surface area contributed by atoms with Crippen molar-refractivity contribution in [1.82, 2.24) is 15.1 Å². The van der Waals surface area contributed by atoms with Gasteiger partial charge < -0.3 is 15.0 Å². The molecule has 3 aliphatic rings. The van der Waals surface area contributed by atoms with E-state index in [9.17, 15) is 0 Å². The lowest BCUT2D eigenvalue weighted by molar-refractivity contribution is 0.157. The Morgan fingerprint density at radius 3 is 2.62 bits per heavy atom. The zero-order chi connectivity index (χ0) is 16.1. The molecular formula is C18H35IN4O. The lowest BCUT2D eigenvalue weighted by Crippen LogP contribution is -2.41. The SMILES string of the molecule is CCNC(=NCCN(CC1CC1)C1CC1)N1CCC(COC)C1.I. The Hall–Kier alpha value is -0.0800. The van der Waals surface area contributed by atoms with Crippen LogP contribution < -0.4 is 5.32 Å². The van der Waals surface area contributed by atoms with E-state index in [0.717, 1.165) is 57.2 Å². The van der Waals surface area contributed by atoms with Gasteiger partial charge in [0.2, 0.25) is 0 Å². The van der Waals surface area contributed by atoms with Crippen molar-refractivity contribution in [3.63, 3.8) is 0 Å². The van der Waals surface area contributed by atoms with E-state index < -0.39 is 0 Å².